The minimum absolute atomic E-state index is 0.532. The molecule has 0 radical (unpaired) electrons. The van der Waals surface area contributed by atoms with E-state index < -0.39 is 0 Å². The third-order valence-corrected chi connectivity index (χ3v) is 3.90. The molecule has 100 valence electrons. The number of rotatable bonds is 4. The van der Waals surface area contributed by atoms with Crippen molar-refractivity contribution in [1.29, 1.82) is 0 Å². The van der Waals surface area contributed by atoms with Crippen LogP contribution < -0.4 is 5.32 Å². The first-order valence-electron chi connectivity index (χ1n) is 7.13. The van der Waals surface area contributed by atoms with Crippen molar-refractivity contribution in [2.45, 2.75) is 52.2 Å². The van der Waals surface area contributed by atoms with Crippen LogP contribution in [0.15, 0.2) is 24.3 Å². The van der Waals surface area contributed by atoms with E-state index >= 15 is 0 Å². The summed E-state index contributed by atoms with van der Waals surface area (Å²) in [5.74, 6) is 0. The first kappa shape index (κ1) is 13.6. The molecule has 2 heteroatoms. The molecule has 0 aliphatic carbocycles. The Labute approximate surface area is 111 Å². The molecule has 2 nitrogen and oxygen atoms in total. The van der Waals surface area contributed by atoms with Crippen LogP contribution in [0.1, 0.15) is 44.4 Å². The Morgan fingerprint density at radius 3 is 2.44 bits per heavy atom. The van der Waals surface area contributed by atoms with Gasteiger partial charge >= 0.3 is 0 Å². The first-order valence-corrected chi connectivity index (χ1v) is 7.13. The topological polar surface area (TPSA) is 15.3 Å². The summed E-state index contributed by atoms with van der Waals surface area (Å²) in [5.41, 5.74) is 2.78. The molecular formula is C16H26N2. The highest BCUT2D eigenvalue weighted by Crippen LogP contribution is 2.25. The van der Waals surface area contributed by atoms with E-state index in [0.29, 0.717) is 18.1 Å². The fraction of sp³-hybridized carbons (Fsp3) is 0.625. The highest BCUT2D eigenvalue weighted by molar-refractivity contribution is 5.24. The molecule has 1 aliphatic rings. The molecule has 0 bridgehead atoms. The highest BCUT2D eigenvalue weighted by Gasteiger charge is 2.26. The van der Waals surface area contributed by atoms with Gasteiger partial charge < -0.3 is 5.32 Å². The number of hydrogen-bond acceptors (Lipinski definition) is 2. The van der Waals surface area contributed by atoms with Crippen molar-refractivity contribution in [2.24, 2.45) is 0 Å². The van der Waals surface area contributed by atoms with Crippen molar-refractivity contribution in [3.05, 3.63) is 35.4 Å². The summed E-state index contributed by atoms with van der Waals surface area (Å²) < 4.78 is 0. The molecule has 0 saturated carbocycles. The summed E-state index contributed by atoms with van der Waals surface area (Å²) in [4.78, 5) is 2.59. The molecule has 2 atom stereocenters. The standard InChI is InChI=1S/C16H26N2/c1-12(2)17-16-9-10-18(11-16)14(4)15-7-5-13(3)6-8-15/h5-8,12,14,16-17H,9-11H2,1-4H3. The van der Waals surface area contributed by atoms with Crippen molar-refractivity contribution in [2.75, 3.05) is 13.1 Å². The van der Waals surface area contributed by atoms with Crippen molar-refractivity contribution in [3.63, 3.8) is 0 Å². The summed E-state index contributed by atoms with van der Waals surface area (Å²) in [6.07, 6.45) is 1.27. The molecule has 2 unspecified atom stereocenters. The number of benzene rings is 1. The second-order valence-electron chi connectivity index (χ2n) is 5.89. The van der Waals surface area contributed by atoms with Crippen molar-refractivity contribution in [1.82, 2.24) is 10.2 Å². The van der Waals surface area contributed by atoms with Crippen LogP contribution in [0.3, 0.4) is 0 Å². The molecule has 1 saturated heterocycles. The van der Waals surface area contributed by atoms with Crippen LogP contribution in [0.5, 0.6) is 0 Å². The Balaban J connectivity index is 1.94. The lowest BCUT2D eigenvalue weighted by Crippen LogP contribution is -2.37. The van der Waals surface area contributed by atoms with E-state index in [1.54, 1.807) is 0 Å². The maximum Gasteiger partial charge on any atom is 0.0320 e. The zero-order valence-corrected chi connectivity index (χ0v) is 12.1. The second-order valence-corrected chi connectivity index (χ2v) is 5.89. The lowest BCUT2D eigenvalue weighted by molar-refractivity contribution is 0.254. The molecule has 1 N–H and O–H groups in total. The van der Waals surface area contributed by atoms with Gasteiger partial charge in [-0.3, -0.25) is 4.90 Å². The zero-order chi connectivity index (χ0) is 13.1. The monoisotopic (exact) mass is 246 g/mol. The summed E-state index contributed by atoms with van der Waals surface area (Å²) in [6.45, 7) is 11.3. The van der Waals surface area contributed by atoms with Crippen molar-refractivity contribution in [3.8, 4) is 0 Å². The minimum atomic E-state index is 0.532. The van der Waals surface area contributed by atoms with Crippen molar-refractivity contribution < 1.29 is 0 Å². The quantitative estimate of drug-likeness (QED) is 0.878. The van der Waals surface area contributed by atoms with Crippen LogP contribution in [0.2, 0.25) is 0 Å². The van der Waals surface area contributed by atoms with E-state index in [-0.39, 0.29) is 0 Å². The van der Waals surface area contributed by atoms with E-state index in [9.17, 15) is 0 Å². The van der Waals surface area contributed by atoms with E-state index in [1.807, 2.05) is 0 Å². The summed E-state index contributed by atoms with van der Waals surface area (Å²) in [7, 11) is 0. The van der Waals surface area contributed by atoms with Crippen LogP contribution in [-0.4, -0.2) is 30.1 Å². The largest absolute Gasteiger partial charge is 0.310 e. The maximum atomic E-state index is 3.65. The van der Waals surface area contributed by atoms with Crippen LogP contribution in [0.25, 0.3) is 0 Å². The summed E-state index contributed by atoms with van der Waals surface area (Å²) >= 11 is 0. The Morgan fingerprint density at radius 2 is 1.83 bits per heavy atom. The van der Waals surface area contributed by atoms with E-state index in [2.05, 4.69) is 62.2 Å². The average molecular weight is 246 g/mol. The lowest BCUT2D eigenvalue weighted by Gasteiger charge is -2.25. The molecule has 1 aliphatic heterocycles. The molecule has 18 heavy (non-hydrogen) atoms. The number of aryl methyl sites for hydroxylation is 1. The lowest BCUT2D eigenvalue weighted by atomic mass is 10.1. The van der Waals surface area contributed by atoms with Gasteiger partial charge in [-0.05, 0) is 25.8 Å². The van der Waals surface area contributed by atoms with Gasteiger partial charge in [0.25, 0.3) is 0 Å². The van der Waals surface area contributed by atoms with Crippen LogP contribution in [0.4, 0.5) is 0 Å². The second kappa shape index (κ2) is 5.85. The molecule has 0 aromatic heterocycles. The molecule has 1 aromatic carbocycles. The van der Waals surface area contributed by atoms with Gasteiger partial charge in [0.2, 0.25) is 0 Å². The van der Waals surface area contributed by atoms with Crippen LogP contribution in [0, 0.1) is 6.92 Å². The van der Waals surface area contributed by atoms with Gasteiger partial charge in [-0.25, -0.2) is 0 Å². The van der Waals surface area contributed by atoms with Crippen molar-refractivity contribution >= 4 is 0 Å². The predicted octanol–water partition coefficient (Wildman–Crippen LogP) is 3.13. The highest BCUT2D eigenvalue weighted by atomic mass is 15.2. The number of nitrogens with zero attached hydrogens (tertiary/aromatic N) is 1. The Hall–Kier alpha value is -0.860. The van der Waals surface area contributed by atoms with Gasteiger partial charge in [0.15, 0.2) is 0 Å². The molecule has 0 spiro atoms. The molecule has 1 aromatic rings. The van der Waals surface area contributed by atoms with E-state index in [1.165, 1.54) is 30.6 Å². The van der Waals surface area contributed by atoms with Crippen LogP contribution in [-0.2, 0) is 0 Å². The molecule has 1 heterocycles. The first-order chi connectivity index (χ1) is 8.56. The average Bonchev–Trinajstić information content (AvgIpc) is 2.76. The summed E-state index contributed by atoms with van der Waals surface area (Å²) in [6, 6.07) is 10.7. The van der Waals surface area contributed by atoms with Gasteiger partial charge in [0.05, 0.1) is 0 Å². The third-order valence-electron chi connectivity index (χ3n) is 3.90. The Bertz CT molecular complexity index is 369. The molecule has 0 amide bonds. The predicted molar refractivity (Wildman–Crippen MR) is 77.8 cm³/mol. The Kier molecular flexibility index (Phi) is 4.41. The molecule has 2 rings (SSSR count). The van der Waals surface area contributed by atoms with Gasteiger partial charge in [-0.2, -0.15) is 0 Å². The zero-order valence-electron chi connectivity index (χ0n) is 12.1. The SMILES string of the molecule is Cc1ccc(C(C)N2CCC(NC(C)C)C2)cc1. The summed E-state index contributed by atoms with van der Waals surface area (Å²) in [5, 5.41) is 3.65. The number of nitrogens with one attached hydrogen (secondary N) is 1. The Morgan fingerprint density at radius 1 is 1.17 bits per heavy atom. The third kappa shape index (κ3) is 3.33. The molecular weight excluding hydrogens is 220 g/mol. The number of likely N-dealkylation sites (tertiary alicyclic amines) is 1. The number of hydrogen-bond donors (Lipinski definition) is 1. The van der Waals surface area contributed by atoms with Gasteiger partial charge in [-0.1, -0.05) is 43.7 Å². The maximum absolute atomic E-state index is 3.65. The van der Waals surface area contributed by atoms with Crippen LogP contribution >= 0.6 is 0 Å². The fourth-order valence-electron chi connectivity index (χ4n) is 2.80. The van der Waals surface area contributed by atoms with Gasteiger partial charge in [0, 0.05) is 31.2 Å². The fourth-order valence-corrected chi connectivity index (χ4v) is 2.80. The van der Waals surface area contributed by atoms with Gasteiger partial charge in [0.1, 0.15) is 0 Å². The molecule has 1 fully saturated rings. The smallest absolute Gasteiger partial charge is 0.0320 e. The van der Waals surface area contributed by atoms with E-state index in [4.69, 9.17) is 0 Å². The normalized spacial score (nSPS) is 22.6. The minimum Gasteiger partial charge on any atom is -0.310 e. The van der Waals surface area contributed by atoms with Gasteiger partial charge in [-0.15, -0.1) is 0 Å². The van der Waals surface area contributed by atoms with E-state index in [0.717, 1.165) is 0 Å².